The summed E-state index contributed by atoms with van der Waals surface area (Å²) in [7, 11) is 0. The third-order valence-corrected chi connectivity index (χ3v) is 9.11. The monoisotopic (exact) mass is 535 g/mol. The molecule has 0 bridgehead atoms. The zero-order chi connectivity index (χ0) is 25.9. The van der Waals surface area contributed by atoms with Gasteiger partial charge in [0.1, 0.15) is 0 Å². The largest absolute Gasteiger partial charge is 0.309 e. The highest BCUT2D eigenvalue weighted by atomic mass is 35.5. The summed E-state index contributed by atoms with van der Waals surface area (Å²) in [5.74, 6) is 0. The molecule has 6 aromatic carbocycles. The number of hydrogen-bond donors (Lipinski definition) is 0. The van der Waals surface area contributed by atoms with E-state index in [1.165, 1.54) is 58.8 Å². The first-order chi connectivity index (χ1) is 19.2. The van der Waals surface area contributed by atoms with Crippen molar-refractivity contribution in [2.45, 2.75) is 0 Å². The van der Waals surface area contributed by atoms with E-state index in [4.69, 9.17) is 11.6 Å². The normalized spacial score (nSPS) is 11.7. The lowest BCUT2D eigenvalue weighted by Crippen LogP contribution is -1.94. The SMILES string of the molecule is Clc1cccc2sc3ccc(-c4ccc5c(c4)c4ccccc4n5-c4cccc(-c5ccccc5)c4)cc3c12. The maximum absolute atomic E-state index is 6.63. The summed E-state index contributed by atoms with van der Waals surface area (Å²) in [5.41, 5.74) is 8.42. The molecule has 3 heteroatoms. The summed E-state index contributed by atoms with van der Waals surface area (Å²) >= 11 is 8.43. The van der Waals surface area contributed by atoms with E-state index >= 15 is 0 Å². The smallest absolute Gasteiger partial charge is 0.0541 e. The Balaban J connectivity index is 1.33. The van der Waals surface area contributed by atoms with Crippen LogP contribution < -0.4 is 0 Å². The van der Waals surface area contributed by atoms with Gasteiger partial charge in [-0.15, -0.1) is 11.3 Å². The molecular weight excluding hydrogens is 514 g/mol. The van der Waals surface area contributed by atoms with Gasteiger partial charge in [-0.1, -0.05) is 90.5 Å². The number of aromatic nitrogens is 1. The van der Waals surface area contributed by atoms with Crippen LogP contribution in [-0.4, -0.2) is 4.57 Å². The number of hydrogen-bond acceptors (Lipinski definition) is 1. The lowest BCUT2D eigenvalue weighted by atomic mass is 10.0. The number of halogens is 1. The Kier molecular flexibility index (Phi) is 5.12. The first-order valence-electron chi connectivity index (χ1n) is 13.0. The molecule has 0 saturated heterocycles. The van der Waals surface area contributed by atoms with Gasteiger partial charge in [-0.2, -0.15) is 0 Å². The fourth-order valence-electron chi connectivity index (χ4n) is 5.85. The molecule has 0 aliphatic carbocycles. The van der Waals surface area contributed by atoms with Crippen molar-refractivity contribution in [1.29, 1.82) is 0 Å². The van der Waals surface area contributed by atoms with Crippen LogP contribution >= 0.6 is 22.9 Å². The minimum atomic E-state index is 0.812. The van der Waals surface area contributed by atoms with Crippen LogP contribution in [0.5, 0.6) is 0 Å². The minimum absolute atomic E-state index is 0.812. The third-order valence-electron chi connectivity index (χ3n) is 7.66. The van der Waals surface area contributed by atoms with Crippen molar-refractivity contribution < 1.29 is 0 Å². The fourth-order valence-corrected chi connectivity index (χ4v) is 7.29. The number of thiophene rings is 1. The molecule has 0 amide bonds. The Bertz CT molecular complexity index is 2190. The van der Waals surface area contributed by atoms with E-state index in [1.807, 2.05) is 12.1 Å². The van der Waals surface area contributed by atoms with Gasteiger partial charge in [-0.05, 0) is 76.9 Å². The second kappa shape index (κ2) is 8.84. The number of fused-ring (bicyclic) bond motifs is 6. The average molecular weight is 536 g/mol. The molecule has 0 unspecified atom stereocenters. The molecule has 0 atom stereocenters. The van der Waals surface area contributed by atoms with Gasteiger partial charge in [0.05, 0.1) is 11.0 Å². The lowest BCUT2D eigenvalue weighted by Gasteiger charge is -2.11. The number of nitrogens with zero attached hydrogens (tertiary/aromatic N) is 1. The van der Waals surface area contributed by atoms with Crippen LogP contribution in [0.1, 0.15) is 0 Å². The zero-order valence-corrected chi connectivity index (χ0v) is 22.5. The fraction of sp³-hybridized carbons (Fsp3) is 0. The van der Waals surface area contributed by atoms with Gasteiger partial charge >= 0.3 is 0 Å². The lowest BCUT2D eigenvalue weighted by molar-refractivity contribution is 1.18. The molecule has 0 aliphatic heterocycles. The second-order valence-corrected chi connectivity index (χ2v) is 11.4. The predicted octanol–water partition coefficient (Wildman–Crippen LogP) is 11.1. The van der Waals surface area contributed by atoms with Crippen LogP contribution in [0.3, 0.4) is 0 Å². The average Bonchev–Trinajstić information content (AvgIpc) is 3.53. The second-order valence-electron chi connectivity index (χ2n) is 9.93. The van der Waals surface area contributed by atoms with Crippen LogP contribution in [-0.2, 0) is 0 Å². The molecule has 8 aromatic rings. The highest BCUT2D eigenvalue weighted by molar-refractivity contribution is 7.26. The van der Waals surface area contributed by atoms with Crippen LogP contribution in [0.2, 0.25) is 5.02 Å². The molecule has 0 saturated carbocycles. The molecule has 0 radical (unpaired) electrons. The summed E-state index contributed by atoms with van der Waals surface area (Å²) in [6.45, 7) is 0. The van der Waals surface area contributed by atoms with Crippen LogP contribution in [0.15, 0.2) is 133 Å². The molecule has 184 valence electrons. The van der Waals surface area contributed by atoms with Crippen LogP contribution in [0.25, 0.3) is 69.9 Å². The summed E-state index contributed by atoms with van der Waals surface area (Å²) in [6, 6.07) is 47.9. The summed E-state index contributed by atoms with van der Waals surface area (Å²) in [4.78, 5) is 0. The molecule has 1 nitrogen and oxygen atoms in total. The van der Waals surface area contributed by atoms with E-state index in [0.29, 0.717) is 0 Å². The van der Waals surface area contributed by atoms with Crippen molar-refractivity contribution in [3.8, 4) is 27.9 Å². The topological polar surface area (TPSA) is 4.93 Å². The van der Waals surface area contributed by atoms with Crippen molar-refractivity contribution in [3.63, 3.8) is 0 Å². The summed E-state index contributed by atoms with van der Waals surface area (Å²) < 4.78 is 4.87. The predicted molar refractivity (Wildman–Crippen MR) is 170 cm³/mol. The molecule has 0 spiro atoms. The van der Waals surface area contributed by atoms with Crippen molar-refractivity contribution in [2.75, 3.05) is 0 Å². The van der Waals surface area contributed by atoms with Gasteiger partial charge < -0.3 is 4.57 Å². The summed E-state index contributed by atoms with van der Waals surface area (Å²) in [5, 5.41) is 5.69. The van der Waals surface area contributed by atoms with Gasteiger partial charge in [0.25, 0.3) is 0 Å². The van der Waals surface area contributed by atoms with Gasteiger partial charge in [-0.3, -0.25) is 0 Å². The van der Waals surface area contributed by atoms with Crippen molar-refractivity contribution in [2.24, 2.45) is 0 Å². The molecule has 2 heterocycles. The zero-order valence-electron chi connectivity index (χ0n) is 20.9. The van der Waals surface area contributed by atoms with E-state index in [0.717, 1.165) is 16.1 Å². The van der Waals surface area contributed by atoms with Crippen molar-refractivity contribution in [3.05, 3.63) is 138 Å². The summed E-state index contributed by atoms with van der Waals surface area (Å²) in [6.07, 6.45) is 0. The highest BCUT2D eigenvalue weighted by Gasteiger charge is 2.15. The molecule has 0 N–H and O–H groups in total. The van der Waals surface area contributed by atoms with Crippen LogP contribution in [0.4, 0.5) is 0 Å². The molecule has 0 aliphatic rings. The third kappa shape index (κ3) is 3.60. The van der Waals surface area contributed by atoms with Crippen LogP contribution in [0, 0.1) is 0 Å². The quantitative estimate of drug-likeness (QED) is 0.212. The van der Waals surface area contributed by atoms with Gasteiger partial charge in [0, 0.05) is 41.7 Å². The van der Waals surface area contributed by atoms with Gasteiger partial charge in [-0.25, -0.2) is 0 Å². The highest BCUT2D eigenvalue weighted by Crippen LogP contribution is 2.41. The van der Waals surface area contributed by atoms with E-state index < -0.39 is 0 Å². The first kappa shape index (κ1) is 22.6. The van der Waals surface area contributed by atoms with E-state index in [-0.39, 0.29) is 0 Å². The Morgan fingerprint density at radius 3 is 2.05 bits per heavy atom. The van der Waals surface area contributed by atoms with E-state index in [2.05, 4.69) is 126 Å². The van der Waals surface area contributed by atoms with Crippen molar-refractivity contribution in [1.82, 2.24) is 4.57 Å². The molecule has 8 rings (SSSR count). The van der Waals surface area contributed by atoms with Crippen molar-refractivity contribution >= 4 is 64.9 Å². The first-order valence-corrected chi connectivity index (χ1v) is 14.2. The Morgan fingerprint density at radius 1 is 0.462 bits per heavy atom. The number of benzene rings is 6. The molecule has 39 heavy (non-hydrogen) atoms. The van der Waals surface area contributed by atoms with Gasteiger partial charge in [0.15, 0.2) is 0 Å². The molecule has 2 aromatic heterocycles. The maximum atomic E-state index is 6.63. The maximum Gasteiger partial charge on any atom is 0.0541 e. The Labute approximate surface area is 235 Å². The molecular formula is C36H22ClNS. The Morgan fingerprint density at radius 2 is 1.15 bits per heavy atom. The molecule has 0 fully saturated rings. The van der Waals surface area contributed by atoms with Gasteiger partial charge in [0.2, 0.25) is 0 Å². The van der Waals surface area contributed by atoms with E-state index in [9.17, 15) is 0 Å². The van der Waals surface area contributed by atoms with E-state index in [1.54, 1.807) is 11.3 Å². The standard InChI is InChI=1S/C36H22ClNS/c37-31-13-7-15-35-36(31)30-22-26(17-19-34(30)39-35)25-16-18-33-29(21-25)28-12-4-5-14-32(28)38(33)27-11-6-10-24(20-27)23-8-2-1-3-9-23/h1-22H. The Hall–Kier alpha value is -4.37. The number of para-hydroxylation sites is 1. The minimum Gasteiger partial charge on any atom is -0.309 e. The number of rotatable bonds is 3.